The van der Waals surface area contributed by atoms with Crippen molar-refractivity contribution in [1.29, 1.82) is 0 Å². The van der Waals surface area contributed by atoms with Gasteiger partial charge in [0.2, 0.25) is 0 Å². The minimum absolute atomic E-state index is 0.396. The van der Waals surface area contributed by atoms with Crippen molar-refractivity contribution in [3.63, 3.8) is 0 Å². The number of benzene rings is 3. The Hall–Kier alpha value is -3.20. The molecule has 1 atom stereocenters. The lowest BCUT2D eigenvalue weighted by atomic mass is 9.84. The van der Waals surface area contributed by atoms with Gasteiger partial charge >= 0.3 is 0 Å². The fourth-order valence-electron chi connectivity index (χ4n) is 3.52. The molecule has 2 N–H and O–H groups in total. The molecule has 3 nitrogen and oxygen atoms in total. The van der Waals surface area contributed by atoms with Crippen molar-refractivity contribution in [3.05, 3.63) is 96.2 Å². The molecule has 4 rings (SSSR count). The van der Waals surface area contributed by atoms with Gasteiger partial charge in [-0.15, -0.1) is 0 Å². The molecule has 26 heavy (non-hydrogen) atoms. The number of ether oxygens (including phenoxy) is 1. The zero-order valence-electron chi connectivity index (χ0n) is 15.0. The van der Waals surface area contributed by atoms with Crippen LogP contribution in [0.1, 0.15) is 18.1 Å². The molecule has 1 aromatic heterocycles. The van der Waals surface area contributed by atoms with E-state index >= 15 is 0 Å². The summed E-state index contributed by atoms with van der Waals surface area (Å²) in [7, 11) is 1.70. The number of hydrogen-bond acceptors (Lipinski definition) is 2. The van der Waals surface area contributed by atoms with Crippen LogP contribution < -0.4 is 10.1 Å². The number of aromatic nitrogens is 1. The number of nitrogens with one attached hydrogen (secondary N) is 2. The second kappa shape index (κ2) is 6.60. The Morgan fingerprint density at radius 2 is 1.58 bits per heavy atom. The summed E-state index contributed by atoms with van der Waals surface area (Å²) >= 11 is 0. The highest BCUT2D eigenvalue weighted by atomic mass is 16.5. The van der Waals surface area contributed by atoms with Crippen LogP contribution in [-0.2, 0) is 5.54 Å². The van der Waals surface area contributed by atoms with Crippen LogP contribution in [0.4, 0.5) is 5.69 Å². The van der Waals surface area contributed by atoms with E-state index in [4.69, 9.17) is 4.74 Å². The first kappa shape index (κ1) is 16.3. The van der Waals surface area contributed by atoms with E-state index in [9.17, 15) is 0 Å². The van der Waals surface area contributed by atoms with Crippen LogP contribution in [0.2, 0.25) is 0 Å². The first-order valence-electron chi connectivity index (χ1n) is 8.75. The van der Waals surface area contributed by atoms with Gasteiger partial charge in [-0.25, -0.2) is 0 Å². The zero-order chi connectivity index (χ0) is 18.0. The summed E-state index contributed by atoms with van der Waals surface area (Å²) in [5.41, 5.74) is 4.16. The SMILES string of the molecule is COc1ccc2[nH]cc(C(C)(Nc3ccccc3)c3ccccc3)c2c1. The lowest BCUT2D eigenvalue weighted by molar-refractivity contribution is 0.415. The fraction of sp³-hybridized carbons (Fsp3) is 0.130. The Morgan fingerprint density at radius 1 is 0.885 bits per heavy atom. The molecule has 0 spiro atoms. The van der Waals surface area contributed by atoms with Crippen molar-refractivity contribution in [1.82, 2.24) is 4.98 Å². The van der Waals surface area contributed by atoms with E-state index in [1.54, 1.807) is 7.11 Å². The standard InChI is InChI=1S/C23H22N2O/c1-23(17-9-5-3-6-10-17,25-18-11-7-4-8-12-18)21-16-24-22-14-13-19(26-2)15-20(21)22/h3-16,24-25H,1-2H3. The molecule has 4 aromatic rings. The molecule has 0 aliphatic carbocycles. The van der Waals surface area contributed by atoms with E-state index in [1.165, 1.54) is 11.1 Å². The van der Waals surface area contributed by atoms with Crippen molar-refractivity contribution in [3.8, 4) is 5.75 Å². The van der Waals surface area contributed by atoms with Gasteiger partial charge in [0.05, 0.1) is 12.6 Å². The van der Waals surface area contributed by atoms with E-state index in [0.717, 1.165) is 22.3 Å². The summed E-state index contributed by atoms with van der Waals surface area (Å²) in [6.07, 6.45) is 2.09. The molecule has 0 amide bonds. The average Bonchev–Trinajstić information content (AvgIpc) is 3.13. The molecular formula is C23H22N2O. The summed E-state index contributed by atoms with van der Waals surface area (Å²) in [5, 5.41) is 4.89. The van der Waals surface area contributed by atoms with Gasteiger partial charge in [0.1, 0.15) is 5.75 Å². The summed E-state index contributed by atoms with van der Waals surface area (Å²) in [6, 6.07) is 27.0. The molecule has 0 bridgehead atoms. The smallest absolute Gasteiger partial charge is 0.119 e. The third-order valence-corrected chi connectivity index (χ3v) is 4.95. The number of fused-ring (bicyclic) bond motifs is 1. The third-order valence-electron chi connectivity index (χ3n) is 4.95. The number of hydrogen-bond donors (Lipinski definition) is 2. The molecule has 0 fully saturated rings. The average molecular weight is 342 g/mol. The Bertz CT molecular complexity index is 1010. The molecule has 0 aliphatic rings. The molecule has 0 saturated heterocycles. The maximum atomic E-state index is 5.45. The second-order valence-electron chi connectivity index (χ2n) is 6.60. The van der Waals surface area contributed by atoms with E-state index < -0.39 is 5.54 Å². The predicted octanol–water partition coefficient (Wildman–Crippen LogP) is 5.55. The first-order chi connectivity index (χ1) is 12.7. The van der Waals surface area contributed by atoms with Crippen molar-refractivity contribution in [2.75, 3.05) is 12.4 Å². The summed E-state index contributed by atoms with van der Waals surface area (Å²) in [5.74, 6) is 0.855. The number of methoxy groups -OCH3 is 1. The van der Waals surface area contributed by atoms with Gasteiger partial charge in [-0.05, 0) is 42.8 Å². The number of aromatic amines is 1. The molecule has 3 heteroatoms. The van der Waals surface area contributed by atoms with Crippen LogP contribution >= 0.6 is 0 Å². The van der Waals surface area contributed by atoms with Crippen molar-refractivity contribution >= 4 is 16.6 Å². The minimum Gasteiger partial charge on any atom is -0.497 e. The molecule has 1 unspecified atom stereocenters. The Labute approximate surface area is 153 Å². The quantitative estimate of drug-likeness (QED) is 0.499. The predicted molar refractivity (Wildman–Crippen MR) is 108 cm³/mol. The number of H-pyrrole nitrogens is 1. The van der Waals surface area contributed by atoms with Gasteiger partial charge in [-0.3, -0.25) is 0 Å². The lowest BCUT2D eigenvalue weighted by Gasteiger charge is -2.33. The Balaban J connectivity index is 1.91. The molecule has 0 aliphatic heterocycles. The second-order valence-corrected chi connectivity index (χ2v) is 6.60. The van der Waals surface area contributed by atoms with Gasteiger partial charge in [-0.1, -0.05) is 48.5 Å². The highest BCUT2D eigenvalue weighted by Gasteiger charge is 2.31. The Morgan fingerprint density at radius 3 is 2.27 bits per heavy atom. The van der Waals surface area contributed by atoms with E-state index in [-0.39, 0.29) is 0 Å². The van der Waals surface area contributed by atoms with Crippen LogP contribution in [0.3, 0.4) is 0 Å². The maximum Gasteiger partial charge on any atom is 0.119 e. The number of anilines is 1. The first-order valence-corrected chi connectivity index (χ1v) is 8.75. The molecule has 1 heterocycles. The van der Waals surface area contributed by atoms with E-state index in [1.807, 2.05) is 30.3 Å². The fourth-order valence-corrected chi connectivity index (χ4v) is 3.52. The van der Waals surface area contributed by atoms with Crippen molar-refractivity contribution in [2.45, 2.75) is 12.5 Å². The van der Waals surface area contributed by atoms with E-state index in [0.29, 0.717) is 0 Å². The largest absolute Gasteiger partial charge is 0.497 e. The van der Waals surface area contributed by atoms with Crippen LogP contribution in [-0.4, -0.2) is 12.1 Å². The Kier molecular flexibility index (Phi) is 4.13. The van der Waals surface area contributed by atoms with Crippen molar-refractivity contribution in [2.24, 2.45) is 0 Å². The van der Waals surface area contributed by atoms with Crippen LogP contribution in [0.15, 0.2) is 85.1 Å². The molecule has 0 saturated carbocycles. The number of rotatable bonds is 5. The van der Waals surface area contributed by atoms with Gasteiger partial charge in [-0.2, -0.15) is 0 Å². The lowest BCUT2D eigenvalue weighted by Crippen LogP contribution is -2.33. The maximum absolute atomic E-state index is 5.45. The molecular weight excluding hydrogens is 320 g/mol. The zero-order valence-corrected chi connectivity index (χ0v) is 15.0. The minimum atomic E-state index is -0.396. The van der Waals surface area contributed by atoms with Crippen LogP contribution in [0.25, 0.3) is 10.9 Å². The highest BCUT2D eigenvalue weighted by molar-refractivity contribution is 5.87. The monoisotopic (exact) mass is 342 g/mol. The number of para-hydroxylation sites is 1. The van der Waals surface area contributed by atoms with Gasteiger partial charge in [0.25, 0.3) is 0 Å². The third kappa shape index (κ3) is 2.82. The normalized spacial score (nSPS) is 13.3. The van der Waals surface area contributed by atoms with E-state index in [2.05, 4.69) is 72.0 Å². The summed E-state index contributed by atoms with van der Waals surface area (Å²) in [6.45, 7) is 2.22. The van der Waals surface area contributed by atoms with Crippen LogP contribution in [0.5, 0.6) is 5.75 Å². The molecule has 0 radical (unpaired) electrons. The molecule has 3 aromatic carbocycles. The van der Waals surface area contributed by atoms with Crippen molar-refractivity contribution < 1.29 is 4.74 Å². The van der Waals surface area contributed by atoms with Gasteiger partial charge in [0, 0.05) is 28.4 Å². The highest BCUT2D eigenvalue weighted by Crippen LogP contribution is 2.38. The van der Waals surface area contributed by atoms with Gasteiger partial charge < -0.3 is 15.0 Å². The van der Waals surface area contributed by atoms with Crippen LogP contribution in [0, 0.1) is 0 Å². The molecule has 130 valence electrons. The summed E-state index contributed by atoms with van der Waals surface area (Å²) < 4.78 is 5.45. The topological polar surface area (TPSA) is 37.0 Å². The summed E-state index contributed by atoms with van der Waals surface area (Å²) in [4.78, 5) is 3.41. The van der Waals surface area contributed by atoms with Gasteiger partial charge in [0.15, 0.2) is 0 Å².